The number of carbonyl (C=O) groups is 1. The molecule has 0 aliphatic carbocycles. The van der Waals surface area contributed by atoms with Crippen LogP contribution >= 0.6 is 0 Å². The monoisotopic (exact) mass is 128 g/mol. The summed E-state index contributed by atoms with van der Waals surface area (Å²) in [5.74, 6) is -0.0255. The topological polar surface area (TPSA) is 37.3 Å². The summed E-state index contributed by atoms with van der Waals surface area (Å²) in [6, 6.07) is 0. The van der Waals surface area contributed by atoms with Crippen molar-refractivity contribution in [3.63, 3.8) is 0 Å². The summed E-state index contributed by atoms with van der Waals surface area (Å²) in [6.45, 7) is 3.31. The number of ketones is 1. The number of aliphatic hydroxyl groups is 1. The molecule has 9 heavy (non-hydrogen) atoms. The normalized spacial score (nSPS) is 14.1. The number of allylic oxidation sites excluding steroid dienone is 1. The summed E-state index contributed by atoms with van der Waals surface area (Å²) in [4.78, 5) is 10.3. The van der Waals surface area contributed by atoms with E-state index in [0.717, 1.165) is 0 Å². The third-order valence-electron chi connectivity index (χ3n) is 0.971. The predicted molar refractivity (Wildman–Crippen MR) is 36.1 cm³/mol. The van der Waals surface area contributed by atoms with Crippen LogP contribution in [0.1, 0.15) is 20.3 Å². The predicted octanol–water partition coefficient (Wildman–Crippen LogP) is 0.902. The highest BCUT2D eigenvalue weighted by Crippen LogP contribution is 1.90. The van der Waals surface area contributed by atoms with Crippen molar-refractivity contribution in [2.24, 2.45) is 0 Å². The van der Waals surface area contributed by atoms with Crippen LogP contribution in [-0.2, 0) is 4.79 Å². The van der Waals surface area contributed by atoms with Crippen molar-refractivity contribution in [3.05, 3.63) is 12.2 Å². The SMILES string of the molecule is CCC(O)/C=C/C(C)=O. The summed E-state index contributed by atoms with van der Waals surface area (Å²) in [7, 11) is 0. The molecule has 0 radical (unpaired) electrons. The molecular weight excluding hydrogens is 116 g/mol. The highest BCUT2D eigenvalue weighted by molar-refractivity contribution is 5.87. The summed E-state index contributed by atoms with van der Waals surface area (Å²) in [5, 5.41) is 8.87. The Bertz CT molecular complexity index is 116. The number of rotatable bonds is 3. The van der Waals surface area contributed by atoms with E-state index in [0.29, 0.717) is 6.42 Å². The van der Waals surface area contributed by atoms with Gasteiger partial charge in [0.05, 0.1) is 6.10 Å². The molecule has 1 unspecified atom stereocenters. The summed E-state index contributed by atoms with van der Waals surface area (Å²) in [6.07, 6.45) is 3.08. The third kappa shape index (κ3) is 5.24. The highest BCUT2D eigenvalue weighted by Gasteiger charge is 1.91. The van der Waals surface area contributed by atoms with Gasteiger partial charge >= 0.3 is 0 Å². The van der Waals surface area contributed by atoms with E-state index in [1.54, 1.807) is 0 Å². The number of hydrogen-bond donors (Lipinski definition) is 1. The number of aliphatic hydroxyl groups excluding tert-OH is 1. The molecule has 1 atom stereocenters. The first-order valence-corrected chi connectivity index (χ1v) is 3.03. The lowest BCUT2D eigenvalue weighted by Gasteiger charge is -1.96. The Morgan fingerprint density at radius 1 is 1.78 bits per heavy atom. The largest absolute Gasteiger partial charge is 0.389 e. The maximum atomic E-state index is 10.3. The van der Waals surface area contributed by atoms with E-state index < -0.39 is 6.10 Å². The van der Waals surface area contributed by atoms with E-state index in [-0.39, 0.29) is 5.78 Å². The molecule has 0 saturated heterocycles. The lowest BCUT2D eigenvalue weighted by molar-refractivity contribution is -0.112. The first-order chi connectivity index (χ1) is 4.16. The Morgan fingerprint density at radius 2 is 2.33 bits per heavy atom. The lowest BCUT2D eigenvalue weighted by atomic mass is 10.2. The minimum atomic E-state index is -0.464. The van der Waals surface area contributed by atoms with Crippen molar-refractivity contribution in [1.29, 1.82) is 0 Å². The van der Waals surface area contributed by atoms with E-state index in [9.17, 15) is 4.79 Å². The first kappa shape index (κ1) is 8.37. The van der Waals surface area contributed by atoms with Crippen LogP contribution in [0.4, 0.5) is 0 Å². The zero-order valence-electron chi connectivity index (χ0n) is 5.79. The molecule has 0 bridgehead atoms. The molecule has 0 aromatic carbocycles. The molecule has 0 aromatic rings. The highest BCUT2D eigenvalue weighted by atomic mass is 16.3. The smallest absolute Gasteiger partial charge is 0.152 e. The third-order valence-corrected chi connectivity index (χ3v) is 0.971. The van der Waals surface area contributed by atoms with Crippen LogP contribution in [0.2, 0.25) is 0 Å². The molecule has 0 heterocycles. The molecule has 52 valence electrons. The molecule has 0 aromatic heterocycles. The molecule has 0 saturated carbocycles. The molecule has 0 amide bonds. The minimum absolute atomic E-state index is 0.0255. The minimum Gasteiger partial charge on any atom is -0.389 e. The van der Waals surface area contributed by atoms with Gasteiger partial charge in [-0.25, -0.2) is 0 Å². The summed E-state index contributed by atoms with van der Waals surface area (Å²) >= 11 is 0. The molecule has 2 heteroatoms. The molecular formula is C7H12O2. The van der Waals surface area contributed by atoms with Crippen molar-refractivity contribution in [3.8, 4) is 0 Å². The Hall–Kier alpha value is -0.630. The Morgan fingerprint density at radius 3 is 2.67 bits per heavy atom. The van der Waals surface area contributed by atoms with Crippen LogP contribution in [0.5, 0.6) is 0 Å². The molecule has 0 aliphatic rings. The van der Waals surface area contributed by atoms with Gasteiger partial charge in [-0.1, -0.05) is 13.0 Å². The second-order valence-corrected chi connectivity index (χ2v) is 1.95. The maximum absolute atomic E-state index is 10.3. The van der Waals surface area contributed by atoms with Gasteiger partial charge in [0, 0.05) is 0 Å². The molecule has 1 N–H and O–H groups in total. The first-order valence-electron chi connectivity index (χ1n) is 3.03. The Kier molecular flexibility index (Phi) is 3.97. The fraction of sp³-hybridized carbons (Fsp3) is 0.571. The van der Waals surface area contributed by atoms with Gasteiger partial charge in [0.25, 0.3) is 0 Å². The van der Waals surface area contributed by atoms with Gasteiger partial charge in [0.1, 0.15) is 0 Å². The van der Waals surface area contributed by atoms with Crippen molar-refractivity contribution in [2.45, 2.75) is 26.4 Å². The fourth-order valence-electron chi connectivity index (χ4n) is 0.383. The molecule has 2 nitrogen and oxygen atoms in total. The van der Waals surface area contributed by atoms with Gasteiger partial charge in [-0.15, -0.1) is 0 Å². The van der Waals surface area contributed by atoms with E-state index in [1.807, 2.05) is 6.92 Å². The van der Waals surface area contributed by atoms with Crippen LogP contribution < -0.4 is 0 Å². The van der Waals surface area contributed by atoms with E-state index in [4.69, 9.17) is 5.11 Å². The van der Waals surface area contributed by atoms with Gasteiger partial charge in [0.15, 0.2) is 5.78 Å². The fourth-order valence-corrected chi connectivity index (χ4v) is 0.383. The van der Waals surface area contributed by atoms with Crippen LogP contribution in [0, 0.1) is 0 Å². The van der Waals surface area contributed by atoms with Crippen molar-refractivity contribution < 1.29 is 9.90 Å². The van der Waals surface area contributed by atoms with Crippen LogP contribution in [0.3, 0.4) is 0 Å². The van der Waals surface area contributed by atoms with Crippen molar-refractivity contribution >= 4 is 5.78 Å². The Balaban J connectivity index is 3.56. The molecule has 0 fully saturated rings. The quantitative estimate of drug-likeness (QED) is 0.573. The zero-order chi connectivity index (χ0) is 7.28. The summed E-state index contributed by atoms with van der Waals surface area (Å²) in [5.41, 5.74) is 0. The van der Waals surface area contributed by atoms with Crippen molar-refractivity contribution in [2.75, 3.05) is 0 Å². The Labute approximate surface area is 55.2 Å². The standard InChI is InChI=1S/C7H12O2/c1-3-7(9)5-4-6(2)8/h4-5,7,9H,3H2,1-2H3/b5-4+. The summed E-state index contributed by atoms with van der Waals surface area (Å²) < 4.78 is 0. The molecule has 0 aliphatic heterocycles. The average Bonchev–Trinajstić information content (AvgIpc) is 1.83. The van der Waals surface area contributed by atoms with Gasteiger partial charge in [-0.2, -0.15) is 0 Å². The van der Waals surface area contributed by atoms with Crippen LogP contribution in [0.15, 0.2) is 12.2 Å². The second kappa shape index (κ2) is 4.27. The zero-order valence-corrected chi connectivity index (χ0v) is 5.79. The maximum Gasteiger partial charge on any atom is 0.152 e. The lowest BCUT2D eigenvalue weighted by Crippen LogP contribution is -1.99. The van der Waals surface area contributed by atoms with E-state index in [1.165, 1.54) is 19.1 Å². The van der Waals surface area contributed by atoms with Gasteiger partial charge < -0.3 is 5.11 Å². The average molecular weight is 128 g/mol. The number of carbonyl (C=O) groups excluding carboxylic acids is 1. The van der Waals surface area contributed by atoms with Gasteiger partial charge in [0.2, 0.25) is 0 Å². The number of hydrogen-bond acceptors (Lipinski definition) is 2. The van der Waals surface area contributed by atoms with Crippen LogP contribution in [0.25, 0.3) is 0 Å². The molecule has 0 rings (SSSR count). The van der Waals surface area contributed by atoms with E-state index >= 15 is 0 Å². The van der Waals surface area contributed by atoms with E-state index in [2.05, 4.69) is 0 Å². The van der Waals surface area contributed by atoms with Crippen LogP contribution in [-0.4, -0.2) is 17.0 Å². The second-order valence-electron chi connectivity index (χ2n) is 1.95. The molecule has 0 spiro atoms. The van der Waals surface area contributed by atoms with Crippen molar-refractivity contribution in [1.82, 2.24) is 0 Å². The van der Waals surface area contributed by atoms with Gasteiger partial charge in [-0.3, -0.25) is 4.79 Å². The van der Waals surface area contributed by atoms with Gasteiger partial charge in [-0.05, 0) is 19.4 Å².